The van der Waals surface area contributed by atoms with Crippen molar-refractivity contribution in [3.63, 3.8) is 0 Å². The van der Waals surface area contributed by atoms with Crippen molar-refractivity contribution in [3.8, 4) is 0 Å². The van der Waals surface area contributed by atoms with E-state index < -0.39 is 29.4 Å². The maximum Gasteiger partial charge on any atom is 0.317 e. The molecule has 5 heteroatoms. The number of fused-ring (bicyclic) bond motifs is 2. The maximum atomic E-state index is 12.6. The highest BCUT2D eigenvalue weighted by atomic mass is 16.6. The number of carbonyl (C=O) groups is 3. The van der Waals surface area contributed by atoms with Crippen LogP contribution < -0.4 is 0 Å². The van der Waals surface area contributed by atoms with E-state index in [2.05, 4.69) is 6.92 Å². The number of hydrogen-bond acceptors (Lipinski definition) is 5. The Balaban J connectivity index is 1.84. The van der Waals surface area contributed by atoms with Crippen molar-refractivity contribution in [2.45, 2.75) is 59.5 Å². The molecule has 2 saturated carbocycles. The average molecular weight is 336 g/mol. The van der Waals surface area contributed by atoms with Crippen molar-refractivity contribution in [1.82, 2.24) is 0 Å². The van der Waals surface area contributed by atoms with Gasteiger partial charge in [-0.15, -0.1) is 0 Å². The van der Waals surface area contributed by atoms with Gasteiger partial charge in [-0.25, -0.2) is 0 Å². The first kappa shape index (κ1) is 17.4. The van der Waals surface area contributed by atoms with Gasteiger partial charge in [-0.2, -0.15) is 0 Å². The SMILES string of the molecule is CCC1C2CC(C(=O)OC(C)(C)C)C(C2)C1C1C(=O)OC(=O)C1C. The van der Waals surface area contributed by atoms with Gasteiger partial charge in [0.25, 0.3) is 0 Å². The van der Waals surface area contributed by atoms with Crippen LogP contribution in [0.15, 0.2) is 0 Å². The van der Waals surface area contributed by atoms with Crippen LogP contribution in [0.25, 0.3) is 0 Å². The lowest BCUT2D eigenvalue weighted by Crippen LogP contribution is -2.41. The van der Waals surface area contributed by atoms with Gasteiger partial charge in [-0.05, 0) is 57.3 Å². The van der Waals surface area contributed by atoms with E-state index in [9.17, 15) is 14.4 Å². The van der Waals surface area contributed by atoms with E-state index in [0.29, 0.717) is 11.8 Å². The molecule has 0 N–H and O–H groups in total. The standard InChI is InChI=1S/C19H28O5/c1-6-11-10-7-12(13(8-10)17(21)24-19(3,4)5)15(11)14-9(2)16(20)23-18(14)22/h9-15H,6-8H2,1-5H3. The summed E-state index contributed by atoms with van der Waals surface area (Å²) in [7, 11) is 0. The van der Waals surface area contributed by atoms with Crippen LogP contribution in [0.3, 0.4) is 0 Å². The van der Waals surface area contributed by atoms with Crippen LogP contribution >= 0.6 is 0 Å². The highest BCUT2D eigenvalue weighted by Crippen LogP contribution is 2.60. The van der Waals surface area contributed by atoms with Crippen LogP contribution in [0, 0.1) is 41.4 Å². The second-order valence-electron chi connectivity index (χ2n) is 8.74. The number of cyclic esters (lactones) is 2. The fraction of sp³-hybridized carbons (Fsp3) is 0.842. The summed E-state index contributed by atoms with van der Waals surface area (Å²) in [6.45, 7) is 9.53. The third-order valence-corrected chi connectivity index (χ3v) is 6.22. The molecule has 3 fully saturated rings. The van der Waals surface area contributed by atoms with Gasteiger partial charge < -0.3 is 9.47 Å². The maximum absolute atomic E-state index is 12.6. The minimum absolute atomic E-state index is 0.0558. The van der Waals surface area contributed by atoms with E-state index in [-0.39, 0.29) is 23.7 Å². The molecule has 0 radical (unpaired) electrons. The minimum atomic E-state index is -0.506. The summed E-state index contributed by atoms with van der Waals surface area (Å²) < 4.78 is 10.5. The van der Waals surface area contributed by atoms with Gasteiger partial charge in [-0.3, -0.25) is 14.4 Å². The zero-order chi connectivity index (χ0) is 17.8. The smallest absolute Gasteiger partial charge is 0.317 e. The molecule has 0 spiro atoms. The summed E-state index contributed by atoms with van der Waals surface area (Å²) in [5, 5.41) is 0. The van der Waals surface area contributed by atoms with Crippen LogP contribution in [0.1, 0.15) is 53.9 Å². The molecule has 1 saturated heterocycles. The highest BCUT2D eigenvalue weighted by molar-refractivity contribution is 5.96. The molecule has 0 aromatic heterocycles. The zero-order valence-corrected chi connectivity index (χ0v) is 15.2. The number of ether oxygens (including phenoxy) is 2. The fourth-order valence-corrected chi connectivity index (χ4v) is 5.41. The Morgan fingerprint density at radius 1 is 1.21 bits per heavy atom. The van der Waals surface area contributed by atoms with Gasteiger partial charge in [0.1, 0.15) is 5.60 Å². The molecule has 3 aliphatic rings. The molecule has 0 aromatic carbocycles. The summed E-state index contributed by atoms with van der Waals surface area (Å²) in [5.74, 6) is -0.919. The summed E-state index contributed by atoms with van der Waals surface area (Å²) in [6.07, 6.45) is 2.77. The Bertz CT molecular complexity index is 561. The van der Waals surface area contributed by atoms with E-state index >= 15 is 0 Å². The molecule has 7 atom stereocenters. The van der Waals surface area contributed by atoms with E-state index in [0.717, 1.165) is 19.3 Å². The van der Waals surface area contributed by atoms with Crippen LogP contribution in [0.4, 0.5) is 0 Å². The van der Waals surface area contributed by atoms with Crippen molar-refractivity contribution in [1.29, 1.82) is 0 Å². The van der Waals surface area contributed by atoms with Crippen molar-refractivity contribution in [2.75, 3.05) is 0 Å². The third kappa shape index (κ3) is 2.76. The van der Waals surface area contributed by atoms with Gasteiger partial charge in [0.05, 0.1) is 17.8 Å². The van der Waals surface area contributed by atoms with Crippen LogP contribution in [-0.4, -0.2) is 23.5 Å². The summed E-state index contributed by atoms with van der Waals surface area (Å²) in [4.78, 5) is 36.7. The molecular formula is C19H28O5. The molecule has 134 valence electrons. The fourth-order valence-electron chi connectivity index (χ4n) is 5.41. The molecule has 2 aliphatic carbocycles. The topological polar surface area (TPSA) is 69.7 Å². The van der Waals surface area contributed by atoms with Gasteiger partial charge in [-0.1, -0.05) is 20.3 Å². The van der Waals surface area contributed by atoms with Crippen molar-refractivity contribution in [3.05, 3.63) is 0 Å². The Hall–Kier alpha value is -1.39. The average Bonchev–Trinajstić information content (AvgIpc) is 3.09. The number of rotatable bonds is 3. The largest absolute Gasteiger partial charge is 0.460 e. The van der Waals surface area contributed by atoms with Gasteiger partial charge >= 0.3 is 17.9 Å². The molecule has 3 rings (SSSR count). The van der Waals surface area contributed by atoms with Crippen molar-refractivity contribution < 1.29 is 23.9 Å². The molecule has 1 heterocycles. The summed E-state index contributed by atoms with van der Waals surface area (Å²) >= 11 is 0. The zero-order valence-electron chi connectivity index (χ0n) is 15.2. The van der Waals surface area contributed by atoms with Gasteiger partial charge in [0.2, 0.25) is 0 Å². The normalized spacial score (nSPS) is 41.6. The minimum Gasteiger partial charge on any atom is -0.460 e. The van der Waals surface area contributed by atoms with Crippen LogP contribution in [0.2, 0.25) is 0 Å². The van der Waals surface area contributed by atoms with E-state index in [1.165, 1.54) is 0 Å². The predicted molar refractivity (Wildman–Crippen MR) is 86.6 cm³/mol. The molecule has 24 heavy (non-hydrogen) atoms. The molecule has 0 aromatic rings. The highest BCUT2D eigenvalue weighted by Gasteiger charge is 2.61. The number of hydrogen-bond donors (Lipinski definition) is 0. The van der Waals surface area contributed by atoms with Crippen molar-refractivity contribution in [2.24, 2.45) is 41.4 Å². The first-order chi connectivity index (χ1) is 11.1. The summed E-state index contributed by atoms with van der Waals surface area (Å²) in [6, 6.07) is 0. The van der Waals surface area contributed by atoms with Crippen molar-refractivity contribution >= 4 is 17.9 Å². The molecule has 0 amide bonds. The quantitative estimate of drug-likeness (QED) is 0.585. The predicted octanol–water partition coefficient (Wildman–Crippen LogP) is 2.96. The Labute approximate surface area is 143 Å². The number of carbonyl (C=O) groups excluding carboxylic acids is 3. The lowest BCUT2D eigenvalue weighted by molar-refractivity contribution is -0.165. The summed E-state index contributed by atoms with van der Waals surface area (Å²) in [5.41, 5.74) is -0.506. The van der Waals surface area contributed by atoms with E-state index in [1.807, 2.05) is 20.8 Å². The van der Waals surface area contributed by atoms with Gasteiger partial charge in [0, 0.05) is 0 Å². The molecule has 2 bridgehead atoms. The molecule has 5 nitrogen and oxygen atoms in total. The van der Waals surface area contributed by atoms with E-state index in [4.69, 9.17) is 9.47 Å². The second-order valence-corrected chi connectivity index (χ2v) is 8.74. The Morgan fingerprint density at radius 2 is 1.88 bits per heavy atom. The second kappa shape index (κ2) is 5.85. The molecule has 7 unspecified atom stereocenters. The van der Waals surface area contributed by atoms with Crippen LogP contribution in [-0.2, 0) is 23.9 Å². The Morgan fingerprint density at radius 3 is 2.38 bits per heavy atom. The Kier molecular flexibility index (Phi) is 4.25. The lowest BCUT2D eigenvalue weighted by atomic mass is 9.65. The monoisotopic (exact) mass is 336 g/mol. The first-order valence-electron chi connectivity index (χ1n) is 9.12. The van der Waals surface area contributed by atoms with E-state index in [1.54, 1.807) is 6.92 Å². The van der Waals surface area contributed by atoms with Gasteiger partial charge in [0.15, 0.2) is 0 Å². The number of esters is 3. The first-order valence-corrected chi connectivity index (χ1v) is 9.12. The van der Waals surface area contributed by atoms with Crippen LogP contribution in [0.5, 0.6) is 0 Å². The molecule has 1 aliphatic heterocycles. The third-order valence-electron chi connectivity index (χ3n) is 6.22. The lowest BCUT2D eigenvalue weighted by Gasteiger charge is -2.38. The molecular weight excluding hydrogens is 308 g/mol.